The number of nitrogens with one attached hydrogen (secondary N) is 2. The van der Waals surface area contributed by atoms with Crippen LogP contribution in [0.3, 0.4) is 0 Å². The van der Waals surface area contributed by atoms with Crippen molar-refractivity contribution in [3.8, 4) is 11.1 Å². The molecule has 35 heavy (non-hydrogen) atoms. The van der Waals surface area contributed by atoms with E-state index < -0.39 is 17.6 Å². The summed E-state index contributed by atoms with van der Waals surface area (Å²) in [5.74, 6) is -1.38. The summed E-state index contributed by atoms with van der Waals surface area (Å²) in [5.41, 5.74) is 4.04. The van der Waals surface area contributed by atoms with Gasteiger partial charge in [-0.3, -0.25) is 4.79 Å². The maximum atomic E-state index is 12.4. The molecule has 2 amide bonds. The average molecular weight is 492 g/mol. The van der Waals surface area contributed by atoms with E-state index in [2.05, 4.69) is 39.9 Å². The molecule has 1 heterocycles. The first kappa shape index (κ1) is 23.0. The fourth-order valence-corrected chi connectivity index (χ4v) is 5.44. The Morgan fingerprint density at radius 3 is 2.31 bits per heavy atom. The minimum absolute atomic E-state index is 0.00350. The largest absolute Gasteiger partial charge is 0.480 e. The van der Waals surface area contributed by atoms with Crippen LogP contribution in [0.4, 0.5) is 4.79 Å². The number of rotatable bonds is 8. The van der Waals surface area contributed by atoms with Crippen molar-refractivity contribution in [3.63, 3.8) is 0 Å². The fourth-order valence-electron chi connectivity index (χ4n) is 4.71. The Kier molecular flexibility index (Phi) is 6.25. The predicted molar refractivity (Wildman–Crippen MR) is 130 cm³/mol. The Morgan fingerprint density at radius 1 is 1.06 bits per heavy atom. The highest BCUT2D eigenvalue weighted by molar-refractivity contribution is 7.09. The molecule has 1 fully saturated rings. The molecule has 180 valence electrons. The minimum atomic E-state index is -1.14. The van der Waals surface area contributed by atoms with Gasteiger partial charge in [0.25, 0.3) is 0 Å². The SMILES string of the molecule is O=C(Cc1csc(CNC(=O)OCC2c3ccccc3-c3ccccc32)n1)NC1(C(=O)O)CCC1. The zero-order valence-corrected chi connectivity index (χ0v) is 19.8. The number of carboxylic acid groups (broad SMARTS) is 1. The first-order valence-corrected chi connectivity index (χ1v) is 12.4. The Morgan fingerprint density at radius 2 is 1.71 bits per heavy atom. The van der Waals surface area contributed by atoms with Gasteiger partial charge in [0.2, 0.25) is 5.91 Å². The summed E-state index contributed by atoms with van der Waals surface area (Å²) in [6.45, 7) is 0.413. The van der Waals surface area contributed by atoms with Crippen molar-refractivity contribution in [1.29, 1.82) is 0 Å². The summed E-state index contributed by atoms with van der Waals surface area (Å²) in [5, 5.41) is 17.1. The Labute approximate surface area is 206 Å². The number of benzene rings is 2. The van der Waals surface area contributed by atoms with Crippen LogP contribution in [-0.2, 0) is 27.3 Å². The number of nitrogens with zero attached hydrogens (tertiary/aromatic N) is 1. The summed E-state index contributed by atoms with van der Waals surface area (Å²) >= 11 is 1.32. The van der Waals surface area contributed by atoms with E-state index >= 15 is 0 Å². The maximum absolute atomic E-state index is 12.4. The molecule has 0 atom stereocenters. The van der Waals surface area contributed by atoms with Gasteiger partial charge in [0, 0.05) is 11.3 Å². The van der Waals surface area contributed by atoms with Gasteiger partial charge in [0.1, 0.15) is 17.2 Å². The summed E-state index contributed by atoms with van der Waals surface area (Å²) < 4.78 is 5.54. The summed E-state index contributed by atoms with van der Waals surface area (Å²) in [7, 11) is 0. The number of aromatic nitrogens is 1. The molecule has 9 heteroatoms. The zero-order chi connectivity index (χ0) is 24.4. The monoisotopic (exact) mass is 491 g/mol. The van der Waals surface area contributed by atoms with Crippen LogP contribution in [-0.4, -0.2) is 40.2 Å². The highest BCUT2D eigenvalue weighted by Gasteiger charge is 2.45. The third-order valence-corrected chi connectivity index (χ3v) is 7.56. The van der Waals surface area contributed by atoms with Crippen LogP contribution in [0.15, 0.2) is 53.9 Å². The van der Waals surface area contributed by atoms with Gasteiger partial charge in [0.05, 0.1) is 18.7 Å². The van der Waals surface area contributed by atoms with E-state index in [9.17, 15) is 19.5 Å². The van der Waals surface area contributed by atoms with Crippen molar-refractivity contribution in [2.45, 2.75) is 43.7 Å². The quantitative estimate of drug-likeness (QED) is 0.441. The highest BCUT2D eigenvalue weighted by Crippen LogP contribution is 2.44. The van der Waals surface area contributed by atoms with Crippen LogP contribution in [0, 0.1) is 0 Å². The van der Waals surface area contributed by atoms with Crippen molar-refractivity contribution >= 4 is 29.3 Å². The van der Waals surface area contributed by atoms with E-state index in [4.69, 9.17) is 4.74 Å². The smallest absolute Gasteiger partial charge is 0.407 e. The number of hydrogen-bond donors (Lipinski definition) is 3. The number of alkyl carbamates (subject to hydrolysis) is 1. The first-order valence-electron chi connectivity index (χ1n) is 11.5. The van der Waals surface area contributed by atoms with Gasteiger partial charge in [-0.25, -0.2) is 14.6 Å². The molecule has 2 aromatic carbocycles. The molecule has 0 bridgehead atoms. The third kappa shape index (κ3) is 4.64. The fraction of sp³-hybridized carbons (Fsp3) is 0.308. The number of hydrogen-bond acceptors (Lipinski definition) is 6. The van der Waals surface area contributed by atoms with Gasteiger partial charge in [-0.1, -0.05) is 48.5 Å². The Hall–Kier alpha value is -3.72. The van der Waals surface area contributed by atoms with Crippen molar-refractivity contribution in [2.24, 2.45) is 0 Å². The minimum Gasteiger partial charge on any atom is -0.480 e. The molecule has 0 saturated heterocycles. The lowest BCUT2D eigenvalue weighted by atomic mass is 9.76. The Balaban J connectivity index is 1.12. The molecule has 0 spiro atoms. The summed E-state index contributed by atoms with van der Waals surface area (Å²) in [4.78, 5) is 40.5. The lowest BCUT2D eigenvalue weighted by Crippen LogP contribution is -2.59. The second kappa shape index (κ2) is 9.50. The van der Waals surface area contributed by atoms with Crippen LogP contribution in [0.25, 0.3) is 11.1 Å². The number of ether oxygens (including phenoxy) is 1. The molecule has 1 saturated carbocycles. The molecule has 3 N–H and O–H groups in total. The van der Waals surface area contributed by atoms with E-state index in [1.807, 2.05) is 24.3 Å². The molecular weight excluding hydrogens is 466 g/mol. The van der Waals surface area contributed by atoms with Gasteiger partial charge in [-0.05, 0) is 41.5 Å². The van der Waals surface area contributed by atoms with Crippen molar-refractivity contribution in [1.82, 2.24) is 15.6 Å². The topological polar surface area (TPSA) is 118 Å². The van der Waals surface area contributed by atoms with Crippen LogP contribution >= 0.6 is 11.3 Å². The summed E-state index contributed by atoms with van der Waals surface area (Å²) in [6, 6.07) is 16.3. The number of carboxylic acids is 1. The second-order valence-electron chi connectivity index (χ2n) is 8.88. The van der Waals surface area contributed by atoms with Gasteiger partial charge >= 0.3 is 12.1 Å². The van der Waals surface area contributed by atoms with Gasteiger partial charge in [0.15, 0.2) is 0 Å². The molecule has 0 aliphatic heterocycles. The van der Waals surface area contributed by atoms with E-state index in [1.165, 1.54) is 22.5 Å². The first-order chi connectivity index (χ1) is 16.9. The highest BCUT2D eigenvalue weighted by atomic mass is 32.1. The van der Waals surface area contributed by atoms with Gasteiger partial charge in [-0.2, -0.15) is 0 Å². The number of thiazole rings is 1. The van der Waals surface area contributed by atoms with E-state index in [0.717, 1.165) is 17.5 Å². The van der Waals surface area contributed by atoms with Crippen LogP contribution < -0.4 is 10.6 Å². The molecule has 3 aromatic rings. The van der Waals surface area contributed by atoms with Crippen molar-refractivity contribution < 1.29 is 24.2 Å². The van der Waals surface area contributed by atoms with Gasteiger partial charge in [-0.15, -0.1) is 11.3 Å². The van der Waals surface area contributed by atoms with E-state index in [-0.39, 0.29) is 31.4 Å². The molecule has 5 rings (SSSR count). The maximum Gasteiger partial charge on any atom is 0.407 e. The number of aliphatic carboxylic acids is 1. The number of fused-ring (bicyclic) bond motifs is 3. The molecule has 1 aromatic heterocycles. The second-order valence-corrected chi connectivity index (χ2v) is 9.82. The normalized spacial score (nSPS) is 15.4. The van der Waals surface area contributed by atoms with Crippen molar-refractivity contribution in [3.05, 3.63) is 75.7 Å². The Bertz CT molecular complexity index is 1240. The van der Waals surface area contributed by atoms with Crippen LogP contribution in [0.5, 0.6) is 0 Å². The lowest BCUT2D eigenvalue weighted by Gasteiger charge is -2.38. The molecule has 8 nitrogen and oxygen atoms in total. The van der Waals surface area contributed by atoms with Crippen LogP contribution in [0.2, 0.25) is 0 Å². The summed E-state index contributed by atoms with van der Waals surface area (Å²) in [6.07, 6.45) is 1.14. The number of amides is 2. The molecule has 0 unspecified atom stereocenters. The number of carbonyl (C=O) groups excluding carboxylic acids is 2. The molecule has 2 aliphatic rings. The molecule has 0 radical (unpaired) electrons. The van der Waals surface area contributed by atoms with Gasteiger partial charge < -0.3 is 20.5 Å². The van der Waals surface area contributed by atoms with Crippen LogP contribution in [0.1, 0.15) is 47.0 Å². The molecule has 2 aliphatic carbocycles. The number of carbonyl (C=O) groups is 3. The standard InChI is InChI=1S/C26H25N3O5S/c30-22(29-26(24(31)32)10-5-11-26)12-16-15-35-23(28-16)13-27-25(33)34-14-21-19-8-3-1-6-17(19)18-7-2-4-9-20(18)21/h1-4,6-9,15,21H,5,10-14H2,(H,27,33)(H,29,30)(H,31,32). The van der Waals surface area contributed by atoms with E-state index in [0.29, 0.717) is 23.5 Å². The third-order valence-electron chi connectivity index (χ3n) is 6.66. The predicted octanol–water partition coefficient (Wildman–Crippen LogP) is 3.85. The molecular formula is C26H25N3O5S. The van der Waals surface area contributed by atoms with Crippen molar-refractivity contribution in [2.75, 3.05) is 6.61 Å². The lowest BCUT2D eigenvalue weighted by molar-refractivity contribution is -0.151. The average Bonchev–Trinajstić information content (AvgIpc) is 3.40. The van der Waals surface area contributed by atoms with E-state index in [1.54, 1.807) is 5.38 Å². The zero-order valence-electron chi connectivity index (χ0n) is 19.0.